The summed E-state index contributed by atoms with van der Waals surface area (Å²) in [7, 11) is 0.634. The normalized spacial score (nSPS) is 14.4. The summed E-state index contributed by atoms with van der Waals surface area (Å²) in [5.41, 5.74) is 3.63. The van der Waals surface area contributed by atoms with Crippen LogP contribution in [0, 0.1) is 0 Å². The van der Waals surface area contributed by atoms with Gasteiger partial charge in [0.05, 0.1) is 72.2 Å². The van der Waals surface area contributed by atoms with Gasteiger partial charge in [-0.2, -0.15) is 16.8 Å². The van der Waals surface area contributed by atoms with Crippen molar-refractivity contribution in [2.24, 2.45) is 0 Å². The monoisotopic (exact) mass is 759 g/mol. The Morgan fingerprint density at radius 2 is 1.10 bits per heavy atom. The zero-order valence-electron chi connectivity index (χ0n) is 29.9. The maximum absolute atomic E-state index is 13.4. The highest BCUT2D eigenvalue weighted by atomic mass is 32.2. The Balaban J connectivity index is 1.29. The average molecular weight is 760 g/mol. The molecule has 0 bridgehead atoms. The molecule has 0 unspecified atom stereocenters. The zero-order valence-corrected chi connectivity index (χ0v) is 31.5. The van der Waals surface area contributed by atoms with Crippen molar-refractivity contribution in [1.29, 1.82) is 0 Å². The lowest BCUT2D eigenvalue weighted by molar-refractivity contribution is -0.120. The summed E-state index contributed by atoms with van der Waals surface area (Å²) in [6.07, 6.45) is 3.81. The van der Waals surface area contributed by atoms with E-state index in [2.05, 4.69) is 9.97 Å². The number of hydrogen-bond donors (Lipinski definition) is 0. The fourth-order valence-electron chi connectivity index (χ4n) is 5.91. The molecule has 4 aromatic rings. The van der Waals surface area contributed by atoms with E-state index >= 15 is 0 Å². The standard InChI is InChI=1S/C35H41N3O12S2/c1-43-29-16-24(17-30(44-2)33(29)47-5)27-10-8-23(20-36-27)22-52(41,42)50-35(49-51(7,39)40)12-14-38(15-13-35)26-9-11-28(37-21-26)25-18-31(45-3)34(48-6)32(19-25)46-4/h8-11,16-21H,12-15,22H2,1-7H3. The summed E-state index contributed by atoms with van der Waals surface area (Å²) in [5.74, 6) is 0.224. The average Bonchev–Trinajstić information content (AvgIpc) is 3.13. The molecule has 1 aliphatic rings. The fraction of sp³-hybridized carbons (Fsp3) is 0.371. The molecule has 1 aliphatic heterocycles. The van der Waals surface area contributed by atoms with Gasteiger partial charge in [0.2, 0.25) is 17.3 Å². The third-order valence-corrected chi connectivity index (χ3v) is 10.2. The van der Waals surface area contributed by atoms with E-state index in [0.29, 0.717) is 57.0 Å². The molecule has 2 aromatic carbocycles. The number of aromatic nitrogens is 2. The minimum atomic E-state index is -4.35. The van der Waals surface area contributed by atoms with Gasteiger partial charge in [-0.1, -0.05) is 6.07 Å². The highest BCUT2D eigenvalue weighted by Gasteiger charge is 2.44. The van der Waals surface area contributed by atoms with E-state index in [1.165, 1.54) is 48.9 Å². The lowest BCUT2D eigenvalue weighted by Gasteiger charge is -2.40. The van der Waals surface area contributed by atoms with Crippen LogP contribution in [0.2, 0.25) is 0 Å². The minimum Gasteiger partial charge on any atom is -0.493 e. The first kappa shape index (κ1) is 38.4. The summed E-state index contributed by atoms with van der Waals surface area (Å²) >= 11 is 0. The molecule has 280 valence electrons. The first-order valence-corrected chi connectivity index (χ1v) is 19.3. The van der Waals surface area contributed by atoms with Crippen LogP contribution in [0.4, 0.5) is 5.69 Å². The molecule has 2 aromatic heterocycles. The first-order chi connectivity index (χ1) is 24.8. The summed E-state index contributed by atoms with van der Waals surface area (Å²) in [5, 5.41) is 0. The van der Waals surface area contributed by atoms with E-state index in [1.54, 1.807) is 42.6 Å². The van der Waals surface area contributed by atoms with Gasteiger partial charge in [0.1, 0.15) is 5.75 Å². The van der Waals surface area contributed by atoms with Crippen molar-refractivity contribution in [3.8, 4) is 57.0 Å². The first-order valence-electron chi connectivity index (χ1n) is 15.9. The lowest BCUT2D eigenvalue weighted by Crippen LogP contribution is -2.50. The van der Waals surface area contributed by atoms with Gasteiger partial charge in [0.15, 0.2) is 23.0 Å². The Morgan fingerprint density at radius 3 is 1.46 bits per heavy atom. The molecular formula is C35H41N3O12S2. The van der Waals surface area contributed by atoms with Crippen molar-refractivity contribution >= 4 is 25.9 Å². The molecule has 0 amide bonds. The van der Waals surface area contributed by atoms with Crippen molar-refractivity contribution in [3.05, 3.63) is 66.5 Å². The van der Waals surface area contributed by atoms with Crippen LogP contribution in [0.15, 0.2) is 60.9 Å². The van der Waals surface area contributed by atoms with Gasteiger partial charge < -0.3 is 33.3 Å². The molecule has 52 heavy (non-hydrogen) atoms. The van der Waals surface area contributed by atoms with Gasteiger partial charge >= 0.3 is 0 Å². The van der Waals surface area contributed by atoms with Crippen molar-refractivity contribution < 1.29 is 53.6 Å². The Hall–Kier alpha value is -4.84. The predicted molar refractivity (Wildman–Crippen MR) is 192 cm³/mol. The van der Waals surface area contributed by atoms with Crippen LogP contribution in [-0.4, -0.2) is 94.6 Å². The number of rotatable bonds is 15. The van der Waals surface area contributed by atoms with Gasteiger partial charge in [-0.3, -0.25) is 9.97 Å². The van der Waals surface area contributed by atoms with E-state index in [-0.39, 0.29) is 25.9 Å². The number of piperidine rings is 1. The van der Waals surface area contributed by atoms with Crippen molar-refractivity contribution in [2.75, 3.05) is 66.9 Å². The van der Waals surface area contributed by atoms with Gasteiger partial charge in [0.25, 0.3) is 20.2 Å². The van der Waals surface area contributed by atoms with Crippen LogP contribution < -0.4 is 33.3 Å². The van der Waals surface area contributed by atoms with E-state index in [0.717, 1.165) is 17.5 Å². The number of benzene rings is 2. The second kappa shape index (κ2) is 15.8. The van der Waals surface area contributed by atoms with Crippen LogP contribution in [0.3, 0.4) is 0 Å². The van der Waals surface area contributed by atoms with Crippen molar-refractivity contribution in [3.63, 3.8) is 0 Å². The van der Waals surface area contributed by atoms with E-state index in [1.807, 2.05) is 17.0 Å². The topological polar surface area (TPSA) is 171 Å². The molecule has 5 rings (SSSR count). The Bertz CT molecular complexity index is 2030. The molecule has 15 nitrogen and oxygen atoms in total. The van der Waals surface area contributed by atoms with Gasteiger partial charge in [-0.25, -0.2) is 8.37 Å². The number of ether oxygens (including phenoxy) is 6. The van der Waals surface area contributed by atoms with Crippen LogP contribution >= 0.6 is 0 Å². The maximum Gasteiger partial charge on any atom is 0.274 e. The molecule has 0 aliphatic carbocycles. The van der Waals surface area contributed by atoms with Gasteiger partial charge in [-0.15, -0.1) is 0 Å². The molecule has 3 heterocycles. The van der Waals surface area contributed by atoms with Crippen molar-refractivity contribution in [1.82, 2.24) is 9.97 Å². The zero-order chi connectivity index (χ0) is 37.7. The summed E-state index contributed by atoms with van der Waals surface area (Å²) in [6.45, 7) is 0.447. The molecule has 0 saturated carbocycles. The maximum atomic E-state index is 13.4. The SMILES string of the molecule is COc1cc(-c2ccc(CS(=O)(=O)OC3(OS(C)(=O)=O)CCN(c4ccc(-c5cc(OC)c(OC)c(OC)c5)nc4)CC3)cn2)cc(OC)c1OC. The molecule has 17 heteroatoms. The Kier molecular flexibility index (Phi) is 11.7. The van der Waals surface area contributed by atoms with E-state index in [9.17, 15) is 16.8 Å². The van der Waals surface area contributed by atoms with Crippen LogP contribution in [-0.2, 0) is 34.4 Å². The minimum absolute atomic E-state index is 0.0632. The number of nitrogens with zero attached hydrogens (tertiary/aromatic N) is 3. The Labute approximate surface area is 303 Å². The van der Waals surface area contributed by atoms with Gasteiger partial charge in [0, 0.05) is 43.3 Å². The third kappa shape index (κ3) is 8.78. The largest absolute Gasteiger partial charge is 0.493 e. The van der Waals surface area contributed by atoms with E-state index < -0.39 is 31.8 Å². The molecule has 1 fully saturated rings. The Morgan fingerprint density at radius 1 is 0.635 bits per heavy atom. The van der Waals surface area contributed by atoms with E-state index in [4.69, 9.17) is 36.8 Å². The second-order valence-corrected chi connectivity index (χ2v) is 14.9. The van der Waals surface area contributed by atoms with Crippen LogP contribution in [0.25, 0.3) is 22.5 Å². The summed E-state index contributed by atoms with van der Waals surface area (Å²) in [6, 6.07) is 14.0. The van der Waals surface area contributed by atoms with Crippen LogP contribution in [0.5, 0.6) is 34.5 Å². The predicted octanol–water partition coefficient (Wildman–Crippen LogP) is 4.68. The quantitative estimate of drug-likeness (QED) is 0.121. The van der Waals surface area contributed by atoms with Crippen LogP contribution in [0.1, 0.15) is 18.4 Å². The fourth-order valence-corrected chi connectivity index (χ4v) is 8.01. The number of anilines is 1. The second-order valence-electron chi connectivity index (χ2n) is 11.8. The molecule has 1 saturated heterocycles. The van der Waals surface area contributed by atoms with Gasteiger partial charge in [-0.05, 0) is 48.0 Å². The molecular weight excluding hydrogens is 719 g/mol. The summed E-state index contributed by atoms with van der Waals surface area (Å²) < 4.78 is 94.9. The number of hydrogen-bond acceptors (Lipinski definition) is 15. The number of methoxy groups -OCH3 is 6. The smallest absolute Gasteiger partial charge is 0.274 e. The highest BCUT2D eigenvalue weighted by Crippen LogP contribution is 2.42. The molecule has 0 N–H and O–H groups in total. The van der Waals surface area contributed by atoms with Crippen molar-refractivity contribution in [2.45, 2.75) is 24.4 Å². The lowest BCUT2D eigenvalue weighted by atomic mass is 10.0. The third-order valence-electron chi connectivity index (χ3n) is 8.31. The molecule has 0 spiro atoms. The molecule has 0 atom stereocenters. The summed E-state index contributed by atoms with van der Waals surface area (Å²) in [4.78, 5) is 11.0. The number of pyridine rings is 2. The highest BCUT2D eigenvalue weighted by molar-refractivity contribution is 7.86. The molecule has 0 radical (unpaired) electrons.